The van der Waals surface area contributed by atoms with E-state index in [-0.39, 0.29) is 68.2 Å². The highest BCUT2D eigenvalue weighted by Crippen LogP contribution is 2.37. The van der Waals surface area contributed by atoms with E-state index in [9.17, 15) is 33.9 Å². The Morgan fingerprint density at radius 3 is 2.06 bits per heavy atom. The molecule has 0 bridgehead atoms. The van der Waals surface area contributed by atoms with Crippen LogP contribution in [0, 0.1) is 29.6 Å². The van der Waals surface area contributed by atoms with Gasteiger partial charge in [-0.05, 0) is 101 Å². The van der Waals surface area contributed by atoms with Gasteiger partial charge in [0.05, 0.1) is 19.4 Å². The lowest BCUT2D eigenvalue weighted by atomic mass is 9.92. The van der Waals surface area contributed by atoms with E-state index in [2.05, 4.69) is 16.0 Å². The molecule has 0 spiro atoms. The van der Waals surface area contributed by atoms with Crippen molar-refractivity contribution in [2.45, 2.75) is 219 Å². The summed E-state index contributed by atoms with van der Waals surface area (Å²) in [4.78, 5) is 151. The lowest BCUT2D eigenvalue weighted by molar-refractivity contribution is -0.162. The zero-order valence-electron chi connectivity index (χ0n) is 51.8. The second kappa shape index (κ2) is 32.2. The fourth-order valence-electron chi connectivity index (χ4n) is 10.8. The third kappa shape index (κ3) is 19.0. The summed E-state index contributed by atoms with van der Waals surface area (Å²) in [6.45, 7) is 23.1. The van der Waals surface area contributed by atoms with Gasteiger partial charge in [0, 0.05) is 50.1 Å². The van der Waals surface area contributed by atoms with E-state index in [4.69, 9.17) is 14.2 Å². The van der Waals surface area contributed by atoms with Crippen LogP contribution in [0.4, 0.5) is 0 Å². The molecule has 3 aliphatic rings. The maximum absolute atomic E-state index is 15.4. The van der Waals surface area contributed by atoms with Crippen molar-refractivity contribution in [3.05, 3.63) is 29.8 Å². The van der Waals surface area contributed by atoms with Crippen LogP contribution in [0.5, 0.6) is 5.75 Å². The Balaban J connectivity index is 1.95. The largest absolute Gasteiger partial charge is 0.497 e. The first-order chi connectivity index (χ1) is 38.9. The number of Topliss-reactive ketones (excluding diaryl/α,β-unsaturated/α-hetero) is 1. The molecule has 7 amide bonds. The number of ketones is 1. The maximum Gasteiger partial charge on any atom is 0.329 e. The van der Waals surface area contributed by atoms with Crippen LogP contribution in [0.25, 0.3) is 0 Å². The van der Waals surface area contributed by atoms with E-state index >= 15 is 19.2 Å². The smallest absolute Gasteiger partial charge is 0.329 e. The van der Waals surface area contributed by atoms with Crippen LogP contribution in [0.2, 0.25) is 0 Å². The summed E-state index contributed by atoms with van der Waals surface area (Å²) >= 11 is 0. The molecule has 3 heterocycles. The molecule has 3 fully saturated rings. The summed E-state index contributed by atoms with van der Waals surface area (Å²) in [5, 5.41) is 18.3. The molecule has 83 heavy (non-hydrogen) atoms. The van der Waals surface area contributed by atoms with Crippen molar-refractivity contribution in [2.75, 3.05) is 34.3 Å². The summed E-state index contributed by atoms with van der Waals surface area (Å²) < 4.78 is 17.7. The third-order valence-electron chi connectivity index (χ3n) is 15.8. The van der Waals surface area contributed by atoms with E-state index in [1.807, 2.05) is 55.4 Å². The van der Waals surface area contributed by atoms with Gasteiger partial charge in [0.15, 0.2) is 11.9 Å². The Labute approximate surface area is 499 Å². The van der Waals surface area contributed by atoms with Crippen LogP contribution in [-0.2, 0) is 63.8 Å². The Hall–Kier alpha value is -5.42. The van der Waals surface area contributed by atoms with E-state index in [0.29, 0.717) is 37.0 Å². The number of nitrogens with one attached hydrogen (secondary N) is 3. The van der Waals surface area contributed by atoms with Gasteiger partial charge < -0.3 is 54.9 Å². The number of esters is 2. The number of cyclic esters (lactones) is 2. The van der Waals surface area contributed by atoms with E-state index < -0.39 is 137 Å². The molecule has 1 aromatic rings. The van der Waals surface area contributed by atoms with Crippen LogP contribution < -0.4 is 20.7 Å². The van der Waals surface area contributed by atoms with Crippen molar-refractivity contribution in [3.63, 3.8) is 0 Å². The number of aliphatic hydroxyl groups is 1. The predicted octanol–water partition coefficient (Wildman–Crippen LogP) is 5.11. The van der Waals surface area contributed by atoms with Gasteiger partial charge in [-0.1, -0.05) is 109 Å². The second-order valence-corrected chi connectivity index (χ2v) is 27.3. The Morgan fingerprint density at radius 2 is 1.49 bits per heavy atom. The first-order valence-electron chi connectivity index (χ1n) is 29.6. The van der Waals surface area contributed by atoms with Crippen LogP contribution in [0.1, 0.15) is 147 Å². The van der Waals surface area contributed by atoms with Crippen LogP contribution >= 0.6 is 21.6 Å². The Kier molecular flexibility index (Phi) is 27.2. The third-order valence-corrected chi connectivity index (χ3v) is 19.3. The molecule has 0 aromatic heterocycles. The average molecular weight is 1200 g/mol. The zero-order valence-corrected chi connectivity index (χ0v) is 53.4. The molecule has 21 nitrogen and oxygen atoms in total. The first-order valence-corrected chi connectivity index (χ1v) is 31.8. The molecule has 13 atom stereocenters. The Morgan fingerprint density at radius 1 is 0.855 bits per heavy atom. The van der Waals surface area contributed by atoms with Gasteiger partial charge in [0.2, 0.25) is 35.4 Å². The summed E-state index contributed by atoms with van der Waals surface area (Å²) in [5.41, 5.74) is 0.598. The lowest BCUT2D eigenvalue weighted by Crippen LogP contribution is -2.62. The normalized spacial score (nSPS) is 27.0. The highest BCUT2D eigenvalue weighted by atomic mass is 33.1. The number of aliphatic hydroxyl groups excluding tert-OH is 1. The number of hydrogen-bond donors (Lipinski definition) is 4. The van der Waals surface area contributed by atoms with Gasteiger partial charge in [-0.3, -0.25) is 43.2 Å². The predicted molar refractivity (Wildman–Crippen MR) is 318 cm³/mol. The number of rotatable bonds is 18. The number of benzene rings is 1. The van der Waals surface area contributed by atoms with Crippen molar-refractivity contribution >= 4 is 80.7 Å². The Bertz CT molecular complexity index is 2430. The number of nitrogens with zero attached hydrogens (tertiary/aromatic N) is 4. The standard InChI is InChI=1S/C60H95N7O14S2/c1-17-36(10)49-47(83-82-35(8)9)31-48(69)81-52(34(6)7)51(70)37(11)53(71)61-42(28-32(2)3)57(75)67-27-19-21-44(67)59(77)65(15)46(30-40-22-24-41(79-16)25-23-40)60(78)80-39(13)50(55(73)62-49)63-54(72)45(29-33(4)5)64(14)58(76)43-20-18-26-66(43)56(74)38(12)68/h22-25,32-39,42-47,49-50,52,68H,17-21,26-31H2,1-16H3,(H,61,71)(H,62,73)(H,63,72)/t36-,37-,38-,39+,42-,43-,44-,45+,46-,47+,49-,50-,52-/m0/s1. The van der Waals surface area contributed by atoms with Gasteiger partial charge in [0.1, 0.15) is 54.2 Å². The number of carbonyl (C=O) groups is 10. The summed E-state index contributed by atoms with van der Waals surface area (Å²) in [6.07, 6.45) is -2.45. The molecular weight excluding hydrogens is 1110 g/mol. The number of fused-ring (bicyclic) bond motifs is 1. The monoisotopic (exact) mass is 1200 g/mol. The number of ether oxygens (including phenoxy) is 3. The number of amides is 7. The maximum atomic E-state index is 15.4. The fraction of sp³-hybridized carbons (Fsp3) is 0.733. The minimum Gasteiger partial charge on any atom is -0.497 e. The van der Waals surface area contributed by atoms with Gasteiger partial charge in [-0.15, -0.1) is 0 Å². The molecule has 0 aliphatic carbocycles. The SMILES string of the molecule is CC[C@H](C)[C@@H]1NC(=O)[C@@H](NC(=O)[C@@H](CC(C)C)N(C)C(=O)[C@@H]2CCCN2C(=O)[C@H](C)O)[C@@H](C)OC(=O)[C@H](Cc2ccc(OC)cc2)N(C)C(=O)[C@@H]2CCCN2C(=O)[C@H](CC(C)C)NC(=O)[C@@H](C)C(=O)[C@H](C(C)C)OC(=O)C[C@H]1SSC(C)C. The number of likely N-dealkylation sites (tertiary alicyclic amines) is 1. The van der Waals surface area contributed by atoms with E-state index in [0.717, 1.165) is 0 Å². The van der Waals surface area contributed by atoms with Gasteiger partial charge in [-0.2, -0.15) is 0 Å². The van der Waals surface area contributed by atoms with Crippen LogP contribution in [-0.4, -0.2) is 189 Å². The van der Waals surface area contributed by atoms with Crippen LogP contribution in [0.3, 0.4) is 0 Å². The molecule has 23 heteroatoms. The molecule has 0 radical (unpaired) electrons. The molecule has 4 rings (SSSR count). The topological polar surface area (TPSA) is 268 Å². The van der Waals surface area contributed by atoms with Gasteiger partial charge >= 0.3 is 11.9 Å². The summed E-state index contributed by atoms with van der Waals surface area (Å²) in [6, 6.07) is -1.47. The highest BCUT2D eigenvalue weighted by Gasteiger charge is 2.46. The summed E-state index contributed by atoms with van der Waals surface area (Å²) in [7, 11) is 7.17. The van der Waals surface area contributed by atoms with Crippen molar-refractivity contribution in [1.82, 2.24) is 35.6 Å². The van der Waals surface area contributed by atoms with Gasteiger partial charge in [0.25, 0.3) is 5.91 Å². The molecular formula is C60H95N7O14S2. The van der Waals surface area contributed by atoms with Crippen molar-refractivity contribution in [3.8, 4) is 5.75 Å². The minimum absolute atomic E-state index is 0.0383. The average Bonchev–Trinajstić information content (AvgIpc) is 4.29. The number of carbonyl (C=O) groups excluding carboxylic acids is 10. The molecule has 4 N–H and O–H groups in total. The lowest BCUT2D eigenvalue weighted by Gasteiger charge is -2.37. The molecule has 3 aliphatic heterocycles. The molecule has 1 aromatic carbocycles. The number of likely N-dealkylation sites (N-methyl/N-ethyl adjacent to an activating group) is 2. The molecule has 466 valence electrons. The second-order valence-electron chi connectivity index (χ2n) is 24.2. The zero-order chi connectivity index (χ0) is 62.3. The van der Waals surface area contributed by atoms with Crippen molar-refractivity contribution in [2.24, 2.45) is 29.6 Å². The molecule has 0 unspecified atom stereocenters. The van der Waals surface area contributed by atoms with Gasteiger partial charge in [-0.25, -0.2) is 4.79 Å². The van der Waals surface area contributed by atoms with E-state index in [1.165, 1.54) is 83.2 Å². The summed E-state index contributed by atoms with van der Waals surface area (Å²) in [5.74, 6) is -9.13. The highest BCUT2D eigenvalue weighted by molar-refractivity contribution is 8.77. The van der Waals surface area contributed by atoms with Crippen LogP contribution in [0.15, 0.2) is 24.3 Å². The van der Waals surface area contributed by atoms with Crippen molar-refractivity contribution < 1.29 is 67.3 Å². The molecule has 0 saturated carbocycles. The number of methoxy groups -OCH3 is 1. The van der Waals surface area contributed by atoms with E-state index in [1.54, 1.807) is 38.1 Å². The molecule has 3 saturated heterocycles. The van der Waals surface area contributed by atoms with Crippen molar-refractivity contribution in [1.29, 1.82) is 0 Å². The quantitative estimate of drug-likeness (QED) is 0.0845. The first kappa shape index (κ1) is 70.1. The minimum atomic E-state index is -1.68. The fourth-order valence-corrected chi connectivity index (χ4v) is 13.5. The number of hydrogen-bond acceptors (Lipinski definition) is 16.